The second-order valence-corrected chi connectivity index (χ2v) is 5.97. The number of carbonyl (C=O) groups excluding carboxylic acids is 1. The zero-order valence-corrected chi connectivity index (χ0v) is 15.8. The molecular weight excluding hydrogens is 348 g/mol. The van der Waals surface area contributed by atoms with Crippen molar-refractivity contribution in [3.05, 3.63) is 53.0 Å². The van der Waals surface area contributed by atoms with Gasteiger partial charge in [-0.25, -0.2) is 0 Å². The second-order valence-electron chi connectivity index (χ2n) is 5.97. The highest BCUT2D eigenvalue weighted by Crippen LogP contribution is 2.21. The number of aryl methyl sites for hydroxylation is 3. The van der Waals surface area contributed by atoms with Crippen LogP contribution >= 0.6 is 0 Å². The summed E-state index contributed by atoms with van der Waals surface area (Å²) in [5.41, 5.74) is 1.74. The number of benzene rings is 1. The van der Waals surface area contributed by atoms with Gasteiger partial charge in [-0.2, -0.15) is 5.10 Å². The fraction of sp³-hybridized carbons (Fsp3) is 0.316. The van der Waals surface area contributed by atoms with E-state index in [0.29, 0.717) is 22.9 Å². The number of ether oxygens (including phenoxy) is 2. The number of hydrogen-bond acceptors (Lipinski definition) is 6. The van der Waals surface area contributed by atoms with Gasteiger partial charge >= 0.3 is 0 Å². The predicted molar refractivity (Wildman–Crippen MR) is 99.2 cm³/mol. The van der Waals surface area contributed by atoms with Crippen LogP contribution < -0.4 is 14.8 Å². The lowest BCUT2D eigenvalue weighted by Crippen LogP contribution is -2.16. The molecule has 2 aromatic heterocycles. The molecule has 0 bridgehead atoms. The Balaban J connectivity index is 1.71. The lowest BCUT2D eigenvalue weighted by atomic mass is 10.2. The highest BCUT2D eigenvalue weighted by Gasteiger charge is 2.21. The quantitative estimate of drug-likeness (QED) is 0.686. The first-order valence-electron chi connectivity index (χ1n) is 8.59. The Morgan fingerprint density at radius 3 is 2.56 bits per heavy atom. The molecule has 3 aromatic rings. The monoisotopic (exact) mass is 370 g/mol. The van der Waals surface area contributed by atoms with Crippen molar-refractivity contribution < 1.29 is 18.8 Å². The standard InChI is InChI=1S/C19H22N4O4/c1-5-23-12(2)10-17(21-23)20-19(24)18-16(13(3)27-22-18)11-26-15-8-6-14(25-4)7-9-15/h6-10H,5,11H2,1-4H3,(H,20,21,24). The summed E-state index contributed by atoms with van der Waals surface area (Å²) in [5, 5.41) is 11.0. The van der Waals surface area contributed by atoms with Gasteiger partial charge in [-0.1, -0.05) is 5.16 Å². The lowest BCUT2D eigenvalue weighted by Gasteiger charge is -2.07. The average molecular weight is 370 g/mol. The molecule has 0 atom stereocenters. The van der Waals surface area contributed by atoms with Crippen molar-refractivity contribution in [2.75, 3.05) is 12.4 Å². The minimum absolute atomic E-state index is 0.160. The highest BCUT2D eigenvalue weighted by molar-refractivity contribution is 6.03. The molecule has 2 heterocycles. The number of nitrogens with one attached hydrogen (secondary N) is 1. The van der Waals surface area contributed by atoms with Crippen LogP contribution in [0.2, 0.25) is 0 Å². The van der Waals surface area contributed by atoms with Crippen LogP contribution in [0.3, 0.4) is 0 Å². The molecular formula is C19H22N4O4. The second kappa shape index (κ2) is 7.94. The van der Waals surface area contributed by atoms with Gasteiger partial charge in [0.2, 0.25) is 0 Å². The Morgan fingerprint density at radius 1 is 1.22 bits per heavy atom. The third kappa shape index (κ3) is 4.11. The molecule has 0 aliphatic carbocycles. The number of nitrogens with zero attached hydrogens (tertiary/aromatic N) is 3. The molecule has 8 nitrogen and oxygen atoms in total. The van der Waals surface area contributed by atoms with E-state index in [1.54, 1.807) is 43.0 Å². The van der Waals surface area contributed by atoms with E-state index in [1.165, 1.54) is 0 Å². The van der Waals surface area contributed by atoms with E-state index in [2.05, 4.69) is 15.6 Å². The van der Waals surface area contributed by atoms with Gasteiger partial charge < -0.3 is 19.3 Å². The summed E-state index contributed by atoms with van der Waals surface area (Å²) >= 11 is 0. The molecule has 0 fully saturated rings. The van der Waals surface area contributed by atoms with Crippen molar-refractivity contribution in [1.29, 1.82) is 0 Å². The molecule has 0 spiro atoms. The third-order valence-corrected chi connectivity index (χ3v) is 4.16. The molecule has 1 aromatic carbocycles. The number of anilines is 1. The van der Waals surface area contributed by atoms with Crippen LogP contribution in [-0.4, -0.2) is 28.0 Å². The molecule has 0 radical (unpaired) electrons. The van der Waals surface area contributed by atoms with Crippen molar-refractivity contribution in [3.8, 4) is 11.5 Å². The van der Waals surface area contributed by atoms with Gasteiger partial charge in [0.25, 0.3) is 5.91 Å². The molecule has 1 amide bonds. The summed E-state index contributed by atoms with van der Waals surface area (Å²) in [4.78, 5) is 12.6. The van der Waals surface area contributed by atoms with Crippen molar-refractivity contribution in [3.63, 3.8) is 0 Å². The molecule has 0 saturated carbocycles. The van der Waals surface area contributed by atoms with E-state index < -0.39 is 0 Å². The molecule has 27 heavy (non-hydrogen) atoms. The molecule has 0 unspecified atom stereocenters. The SMILES string of the molecule is CCn1nc(NC(=O)c2noc(C)c2COc2ccc(OC)cc2)cc1C. The van der Waals surface area contributed by atoms with E-state index >= 15 is 0 Å². The number of amides is 1. The van der Waals surface area contributed by atoms with Crippen molar-refractivity contribution in [1.82, 2.24) is 14.9 Å². The van der Waals surface area contributed by atoms with Crippen molar-refractivity contribution in [2.45, 2.75) is 33.9 Å². The van der Waals surface area contributed by atoms with Gasteiger partial charge in [-0.05, 0) is 45.0 Å². The van der Waals surface area contributed by atoms with E-state index in [9.17, 15) is 4.79 Å². The smallest absolute Gasteiger partial charge is 0.279 e. The maximum Gasteiger partial charge on any atom is 0.279 e. The number of carbonyl (C=O) groups is 1. The zero-order valence-electron chi connectivity index (χ0n) is 15.8. The molecule has 0 aliphatic heterocycles. The van der Waals surface area contributed by atoms with Gasteiger partial charge in [0, 0.05) is 18.3 Å². The van der Waals surface area contributed by atoms with Gasteiger partial charge in [-0.15, -0.1) is 0 Å². The summed E-state index contributed by atoms with van der Waals surface area (Å²) in [6.07, 6.45) is 0. The maximum absolute atomic E-state index is 12.6. The number of hydrogen-bond donors (Lipinski definition) is 1. The van der Waals surface area contributed by atoms with Crippen LogP contribution in [0.5, 0.6) is 11.5 Å². The Kier molecular flexibility index (Phi) is 5.44. The van der Waals surface area contributed by atoms with Gasteiger partial charge in [0.15, 0.2) is 11.5 Å². The first-order chi connectivity index (χ1) is 13.0. The summed E-state index contributed by atoms with van der Waals surface area (Å²) < 4.78 is 17.9. The van der Waals surface area contributed by atoms with Crippen LogP contribution in [0.15, 0.2) is 34.9 Å². The van der Waals surface area contributed by atoms with Gasteiger partial charge in [0.1, 0.15) is 23.9 Å². The van der Waals surface area contributed by atoms with E-state index in [0.717, 1.165) is 18.0 Å². The largest absolute Gasteiger partial charge is 0.497 e. The van der Waals surface area contributed by atoms with E-state index in [1.807, 2.05) is 19.9 Å². The van der Waals surface area contributed by atoms with Crippen LogP contribution in [-0.2, 0) is 13.2 Å². The zero-order chi connectivity index (χ0) is 19.4. The molecule has 0 aliphatic rings. The van der Waals surface area contributed by atoms with E-state index in [-0.39, 0.29) is 18.2 Å². The lowest BCUT2D eigenvalue weighted by molar-refractivity contribution is 0.101. The fourth-order valence-corrected chi connectivity index (χ4v) is 2.63. The van der Waals surface area contributed by atoms with Crippen LogP contribution in [0, 0.1) is 13.8 Å². The van der Waals surface area contributed by atoms with Crippen molar-refractivity contribution >= 4 is 11.7 Å². The normalized spacial score (nSPS) is 10.7. The number of aromatic nitrogens is 3. The Hall–Kier alpha value is -3.29. The van der Waals surface area contributed by atoms with Crippen LogP contribution in [0.4, 0.5) is 5.82 Å². The maximum atomic E-state index is 12.6. The fourth-order valence-electron chi connectivity index (χ4n) is 2.63. The van der Waals surface area contributed by atoms with E-state index in [4.69, 9.17) is 14.0 Å². The minimum atomic E-state index is -0.388. The first kappa shape index (κ1) is 18.5. The molecule has 3 rings (SSSR count). The summed E-state index contributed by atoms with van der Waals surface area (Å²) in [6.45, 7) is 6.55. The van der Waals surface area contributed by atoms with Crippen molar-refractivity contribution in [2.24, 2.45) is 0 Å². The molecule has 8 heteroatoms. The predicted octanol–water partition coefficient (Wildman–Crippen LogP) is 3.35. The average Bonchev–Trinajstić information content (AvgIpc) is 3.22. The first-order valence-corrected chi connectivity index (χ1v) is 8.59. The minimum Gasteiger partial charge on any atom is -0.497 e. The highest BCUT2D eigenvalue weighted by atomic mass is 16.5. The molecule has 0 saturated heterocycles. The van der Waals surface area contributed by atoms with Gasteiger partial charge in [0.05, 0.1) is 12.7 Å². The number of methoxy groups -OCH3 is 1. The topological polar surface area (TPSA) is 91.4 Å². The summed E-state index contributed by atoms with van der Waals surface area (Å²) in [5.74, 6) is 2.01. The van der Waals surface area contributed by atoms with Crippen LogP contribution in [0.25, 0.3) is 0 Å². The Labute approximate surface area is 157 Å². The molecule has 142 valence electrons. The molecule has 1 N–H and O–H groups in total. The van der Waals surface area contributed by atoms with Crippen LogP contribution in [0.1, 0.15) is 34.4 Å². The summed E-state index contributed by atoms with van der Waals surface area (Å²) in [6, 6.07) is 9.00. The third-order valence-electron chi connectivity index (χ3n) is 4.16. The Morgan fingerprint density at radius 2 is 1.93 bits per heavy atom. The summed E-state index contributed by atoms with van der Waals surface area (Å²) in [7, 11) is 1.60. The van der Waals surface area contributed by atoms with Gasteiger partial charge in [-0.3, -0.25) is 9.48 Å². The number of rotatable bonds is 7. The Bertz CT molecular complexity index is 928.